The molecule has 1 aliphatic carbocycles. The molecule has 5 nitrogen and oxygen atoms in total. The number of carboxylic acid groups (broad SMARTS) is 1. The number of carboxylic acids is 1. The molecule has 1 aromatic carbocycles. The lowest BCUT2D eigenvalue weighted by atomic mass is 9.86. The molecule has 1 saturated carbocycles. The van der Waals surface area contributed by atoms with Crippen LogP contribution >= 0.6 is 23.2 Å². The SMILES string of the molecule is O=C(COc1ccc(Cl)cc1Cl)NCC1(C(=O)O)CCCC1. The van der Waals surface area contributed by atoms with Crippen LogP contribution in [-0.2, 0) is 9.59 Å². The standard InChI is InChI=1S/C15H17Cl2NO4/c16-10-3-4-12(11(17)7-10)22-8-13(19)18-9-15(14(20)21)5-1-2-6-15/h3-4,7H,1-2,5-6,8-9H2,(H,18,19)(H,20,21). The summed E-state index contributed by atoms with van der Waals surface area (Å²) in [4.78, 5) is 23.2. The maximum absolute atomic E-state index is 11.8. The Balaban J connectivity index is 1.84. The lowest BCUT2D eigenvalue weighted by Crippen LogP contribution is -2.42. The highest BCUT2D eigenvalue weighted by Crippen LogP contribution is 2.37. The number of aliphatic carboxylic acids is 1. The Hall–Kier alpha value is -1.46. The van der Waals surface area contributed by atoms with E-state index in [9.17, 15) is 14.7 Å². The third-order valence-electron chi connectivity index (χ3n) is 3.89. The van der Waals surface area contributed by atoms with Crippen molar-refractivity contribution in [3.8, 4) is 5.75 Å². The molecule has 0 bridgehead atoms. The number of amides is 1. The first-order valence-corrected chi connectivity index (χ1v) is 7.76. The summed E-state index contributed by atoms with van der Waals surface area (Å²) in [7, 11) is 0. The number of carbonyl (C=O) groups is 2. The molecule has 0 radical (unpaired) electrons. The van der Waals surface area contributed by atoms with Gasteiger partial charge >= 0.3 is 5.97 Å². The molecule has 0 spiro atoms. The van der Waals surface area contributed by atoms with E-state index in [4.69, 9.17) is 27.9 Å². The van der Waals surface area contributed by atoms with Crippen molar-refractivity contribution in [3.05, 3.63) is 28.2 Å². The molecule has 120 valence electrons. The first kappa shape index (κ1) is 16.9. The minimum absolute atomic E-state index is 0.124. The summed E-state index contributed by atoms with van der Waals surface area (Å²) in [5.41, 5.74) is -0.840. The van der Waals surface area contributed by atoms with Gasteiger partial charge in [0.1, 0.15) is 5.75 Å². The number of hydrogen-bond acceptors (Lipinski definition) is 3. The third-order valence-corrected chi connectivity index (χ3v) is 4.42. The quantitative estimate of drug-likeness (QED) is 0.830. The van der Waals surface area contributed by atoms with E-state index in [0.29, 0.717) is 28.6 Å². The Morgan fingerprint density at radius 2 is 1.95 bits per heavy atom. The van der Waals surface area contributed by atoms with E-state index in [1.807, 2.05) is 0 Å². The van der Waals surface area contributed by atoms with Crippen LogP contribution in [0.4, 0.5) is 0 Å². The van der Waals surface area contributed by atoms with Crippen LogP contribution in [0.5, 0.6) is 5.75 Å². The Kier molecular flexibility index (Phi) is 5.53. The van der Waals surface area contributed by atoms with E-state index in [0.717, 1.165) is 12.8 Å². The number of benzene rings is 1. The zero-order chi connectivity index (χ0) is 16.2. The highest BCUT2D eigenvalue weighted by molar-refractivity contribution is 6.35. The van der Waals surface area contributed by atoms with Crippen molar-refractivity contribution < 1.29 is 19.4 Å². The summed E-state index contributed by atoms with van der Waals surface area (Å²) >= 11 is 11.7. The van der Waals surface area contributed by atoms with Gasteiger partial charge in [0.15, 0.2) is 6.61 Å². The van der Waals surface area contributed by atoms with Crippen molar-refractivity contribution in [2.45, 2.75) is 25.7 Å². The Morgan fingerprint density at radius 1 is 1.27 bits per heavy atom. The van der Waals surface area contributed by atoms with E-state index >= 15 is 0 Å². The van der Waals surface area contributed by atoms with E-state index in [-0.39, 0.29) is 19.1 Å². The first-order valence-electron chi connectivity index (χ1n) is 7.01. The largest absolute Gasteiger partial charge is 0.482 e. The molecule has 0 heterocycles. The van der Waals surface area contributed by atoms with Crippen molar-refractivity contribution in [1.82, 2.24) is 5.32 Å². The van der Waals surface area contributed by atoms with Crippen LogP contribution < -0.4 is 10.1 Å². The monoisotopic (exact) mass is 345 g/mol. The molecule has 0 saturated heterocycles. The number of nitrogens with one attached hydrogen (secondary N) is 1. The highest BCUT2D eigenvalue weighted by Gasteiger charge is 2.41. The van der Waals surface area contributed by atoms with Gasteiger partial charge in [0.05, 0.1) is 10.4 Å². The number of halogens is 2. The molecule has 1 amide bonds. The van der Waals surface area contributed by atoms with Gasteiger partial charge in [-0.2, -0.15) is 0 Å². The highest BCUT2D eigenvalue weighted by atomic mass is 35.5. The second-order valence-corrected chi connectivity index (χ2v) is 6.28. The van der Waals surface area contributed by atoms with Gasteiger partial charge in [-0.1, -0.05) is 36.0 Å². The van der Waals surface area contributed by atoms with Gasteiger partial charge in [-0.25, -0.2) is 0 Å². The van der Waals surface area contributed by atoms with Crippen molar-refractivity contribution in [1.29, 1.82) is 0 Å². The maximum Gasteiger partial charge on any atom is 0.311 e. The van der Waals surface area contributed by atoms with Crippen LogP contribution in [-0.4, -0.2) is 30.1 Å². The van der Waals surface area contributed by atoms with Gasteiger partial charge in [0, 0.05) is 11.6 Å². The molecule has 2 rings (SSSR count). The molecule has 1 aliphatic rings. The minimum atomic E-state index is -0.855. The molecule has 0 aromatic heterocycles. The molecule has 1 fully saturated rings. The summed E-state index contributed by atoms with van der Waals surface area (Å²) in [6, 6.07) is 4.71. The van der Waals surface area contributed by atoms with Crippen molar-refractivity contribution in [2.75, 3.05) is 13.2 Å². The van der Waals surface area contributed by atoms with Crippen molar-refractivity contribution in [2.24, 2.45) is 5.41 Å². The fraction of sp³-hybridized carbons (Fsp3) is 0.467. The molecular formula is C15H17Cl2NO4. The fourth-order valence-corrected chi connectivity index (χ4v) is 3.04. The van der Waals surface area contributed by atoms with Crippen molar-refractivity contribution >= 4 is 35.1 Å². The van der Waals surface area contributed by atoms with Crippen LogP contribution in [0.25, 0.3) is 0 Å². The topological polar surface area (TPSA) is 75.6 Å². The summed E-state index contributed by atoms with van der Waals surface area (Å²) in [6.45, 7) is -0.101. The summed E-state index contributed by atoms with van der Waals surface area (Å²) < 4.78 is 5.31. The van der Waals surface area contributed by atoms with Crippen LogP contribution in [0.1, 0.15) is 25.7 Å². The average molecular weight is 346 g/mol. The normalized spacial score (nSPS) is 16.3. The second kappa shape index (κ2) is 7.20. The molecule has 0 aliphatic heterocycles. The van der Waals surface area contributed by atoms with E-state index in [1.54, 1.807) is 12.1 Å². The van der Waals surface area contributed by atoms with Gasteiger partial charge in [-0.05, 0) is 31.0 Å². The Bertz CT molecular complexity index is 571. The molecule has 1 aromatic rings. The van der Waals surface area contributed by atoms with Gasteiger partial charge in [-0.15, -0.1) is 0 Å². The van der Waals surface area contributed by atoms with Crippen LogP contribution in [0.3, 0.4) is 0 Å². The second-order valence-electron chi connectivity index (χ2n) is 5.43. The van der Waals surface area contributed by atoms with E-state index < -0.39 is 11.4 Å². The average Bonchev–Trinajstić information content (AvgIpc) is 2.94. The number of carbonyl (C=O) groups excluding carboxylic acids is 1. The summed E-state index contributed by atoms with van der Waals surface area (Å²) in [6.07, 6.45) is 2.93. The predicted octanol–water partition coefficient (Wildman–Crippen LogP) is 3.13. The van der Waals surface area contributed by atoms with Crippen LogP contribution in [0.15, 0.2) is 18.2 Å². The lowest BCUT2D eigenvalue weighted by Gasteiger charge is -2.23. The van der Waals surface area contributed by atoms with Gasteiger partial charge in [0.25, 0.3) is 5.91 Å². The molecule has 7 heteroatoms. The lowest BCUT2D eigenvalue weighted by molar-refractivity contribution is -0.148. The third kappa shape index (κ3) is 4.05. The minimum Gasteiger partial charge on any atom is -0.482 e. The van der Waals surface area contributed by atoms with E-state index in [2.05, 4.69) is 5.32 Å². The fourth-order valence-electron chi connectivity index (χ4n) is 2.57. The molecule has 22 heavy (non-hydrogen) atoms. The molecular weight excluding hydrogens is 329 g/mol. The van der Waals surface area contributed by atoms with Gasteiger partial charge in [0.2, 0.25) is 0 Å². The van der Waals surface area contributed by atoms with Crippen LogP contribution in [0.2, 0.25) is 10.0 Å². The zero-order valence-corrected chi connectivity index (χ0v) is 13.4. The predicted molar refractivity (Wildman–Crippen MR) is 83.5 cm³/mol. The van der Waals surface area contributed by atoms with E-state index in [1.165, 1.54) is 6.07 Å². The number of ether oxygens (including phenoxy) is 1. The van der Waals surface area contributed by atoms with Crippen LogP contribution in [0, 0.1) is 5.41 Å². The number of rotatable bonds is 6. The maximum atomic E-state index is 11.8. The molecule has 0 unspecified atom stereocenters. The Labute approximate surface area is 138 Å². The first-order chi connectivity index (χ1) is 10.4. The van der Waals surface area contributed by atoms with Crippen molar-refractivity contribution in [3.63, 3.8) is 0 Å². The molecule has 2 N–H and O–H groups in total. The number of hydrogen-bond donors (Lipinski definition) is 2. The van der Waals surface area contributed by atoms with Gasteiger partial charge in [-0.3, -0.25) is 9.59 Å². The summed E-state index contributed by atoms with van der Waals surface area (Å²) in [5, 5.41) is 12.8. The smallest absolute Gasteiger partial charge is 0.311 e. The zero-order valence-electron chi connectivity index (χ0n) is 11.9. The summed E-state index contributed by atoms with van der Waals surface area (Å²) in [5.74, 6) is -0.875. The molecule has 0 atom stereocenters. The Morgan fingerprint density at radius 3 is 2.55 bits per heavy atom. The van der Waals surface area contributed by atoms with Gasteiger partial charge < -0.3 is 15.2 Å².